The molecule has 3 aliphatic rings. The highest BCUT2D eigenvalue weighted by atomic mass is 19.1. The van der Waals surface area contributed by atoms with Gasteiger partial charge in [0, 0.05) is 18.3 Å². The lowest BCUT2D eigenvalue weighted by atomic mass is 9.86. The van der Waals surface area contributed by atoms with Crippen molar-refractivity contribution in [3.8, 4) is 5.75 Å². The van der Waals surface area contributed by atoms with Crippen LogP contribution in [0.4, 0.5) is 10.1 Å². The fourth-order valence-electron chi connectivity index (χ4n) is 2.82. The van der Waals surface area contributed by atoms with Gasteiger partial charge in [0.25, 0.3) is 0 Å². The Labute approximate surface area is 100 Å². The van der Waals surface area contributed by atoms with Crippen LogP contribution in [-0.2, 0) is 0 Å². The van der Waals surface area contributed by atoms with E-state index >= 15 is 0 Å². The molecule has 0 saturated carbocycles. The monoisotopic (exact) mass is 236 g/mol. The molecule has 3 heterocycles. The standard InChI is InChI=1S/C13H17FN2O/c14-11-7-10(15)1-2-12(11)17-13-8-16-5-3-9(13)4-6-16/h1-2,7,9,13H,3-6,8,15H2. The van der Waals surface area contributed by atoms with Crippen molar-refractivity contribution in [1.82, 2.24) is 4.90 Å². The molecule has 1 unspecified atom stereocenters. The van der Waals surface area contributed by atoms with E-state index in [0.29, 0.717) is 17.4 Å². The lowest BCUT2D eigenvalue weighted by molar-refractivity contribution is -0.00947. The fourth-order valence-corrected chi connectivity index (χ4v) is 2.82. The largest absolute Gasteiger partial charge is 0.486 e. The Balaban J connectivity index is 1.74. The molecule has 3 nitrogen and oxygen atoms in total. The number of halogens is 1. The van der Waals surface area contributed by atoms with Crippen molar-refractivity contribution in [3.05, 3.63) is 24.0 Å². The molecular weight excluding hydrogens is 219 g/mol. The number of hydrogen-bond donors (Lipinski definition) is 1. The number of ether oxygens (including phenoxy) is 1. The molecule has 3 fully saturated rings. The predicted molar refractivity (Wildman–Crippen MR) is 64.4 cm³/mol. The van der Waals surface area contributed by atoms with Crippen LogP contribution in [0.25, 0.3) is 0 Å². The zero-order valence-electron chi connectivity index (χ0n) is 9.73. The van der Waals surface area contributed by atoms with Crippen LogP contribution in [0.1, 0.15) is 12.8 Å². The minimum atomic E-state index is -0.360. The number of piperidine rings is 3. The van der Waals surface area contributed by atoms with Crippen LogP contribution in [-0.4, -0.2) is 30.6 Å². The number of nitrogen functional groups attached to an aromatic ring is 1. The Morgan fingerprint density at radius 1 is 1.29 bits per heavy atom. The molecule has 0 amide bonds. The first-order valence-electron chi connectivity index (χ1n) is 6.16. The van der Waals surface area contributed by atoms with Crippen LogP contribution in [0.3, 0.4) is 0 Å². The van der Waals surface area contributed by atoms with Crippen LogP contribution in [0.15, 0.2) is 18.2 Å². The third-order valence-electron chi connectivity index (χ3n) is 3.83. The Bertz CT molecular complexity index is 416. The zero-order chi connectivity index (χ0) is 11.8. The van der Waals surface area contributed by atoms with Gasteiger partial charge >= 0.3 is 0 Å². The summed E-state index contributed by atoms with van der Waals surface area (Å²) < 4.78 is 19.4. The highest BCUT2D eigenvalue weighted by Crippen LogP contribution is 2.31. The SMILES string of the molecule is Nc1ccc(OC2CN3CCC2CC3)c(F)c1. The van der Waals surface area contributed by atoms with Crippen molar-refractivity contribution in [3.63, 3.8) is 0 Å². The second-order valence-corrected chi connectivity index (χ2v) is 4.98. The second-order valence-electron chi connectivity index (χ2n) is 4.98. The van der Waals surface area contributed by atoms with Crippen molar-refractivity contribution in [2.24, 2.45) is 5.92 Å². The van der Waals surface area contributed by atoms with Gasteiger partial charge in [0.1, 0.15) is 6.10 Å². The average Bonchev–Trinajstić information content (AvgIpc) is 2.34. The van der Waals surface area contributed by atoms with Crippen LogP contribution in [0, 0.1) is 11.7 Å². The van der Waals surface area contributed by atoms with Gasteiger partial charge in [-0.3, -0.25) is 4.90 Å². The first kappa shape index (κ1) is 10.8. The normalized spacial score (nSPS) is 31.5. The summed E-state index contributed by atoms with van der Waals surface area (Å²) in [5.74, 6) is 0.552. The van der Waals surface area contributed by atoms with E-state index in [1.807, 2.05) is 0 Å². The number of anilines is 1. The van der Waals surface area contributed by atoms with E-state index in [2.05, 4.69) is 4.90 Å². The van der Waals surface area contributed by atoms with Crippen LogP contribution in [0.5, 0.6) is 5.75 Å². The van der Waals surface area contributed by atoms with Gasteiger partial charge in [0.05, 0.1) is 0 Å². The van der Waals surface area contributed by atoms with Gasteiger partial charge in [-0.05, 0) is 44.0 Å². The number of benzene rings is 1. The number of fused-ring (bicyclic) bond motifs is 3. The maximum absolute atomic E-state index is 13.6. The lowest BCUT2D eigenvalue weighted by Gasteiger charge is -2.44. The smallest absolute Gasteiger partial charge is 0.167 e. The molecule has 92 valence electrons. The van der Waals surface area contributed by atoms with Crippen molar-refractivity contribution in [2.75, 3.05) is 25.4 Å². The van der Waals surface area contributed by atoms with E-state index in [1.54, 1.807) is 12.1 Å². The molecule has 4 rings (SSSR count). The summed E-state index contributed by atoms with van der Waals surface area (Å²) in [6, 6.07) is 4.62. The number of nitrogens with two attached hydrogens (primary N) is 1. The van der Waals surface area contributed by atoms with Crippen LogP contribution >= 0.6 is 0 Å². The van der Waals surface area contributed by atoms with E-state index in [9.17, 15) is 4.39 Å². The third kappa shape index (κ3) is 2.09. The third-order valence-corrected chi connectivity index (χ3v) is 3.83. The molecule has 17 heavy (non-hydrogen) atoms. The molecule has 0 spiro atoms. The Hall–Kier alpha value is -1.29. The summed E-state index contributed by atoms with van der Waals surface area (Å²) in [7, 11) is 0. The molecule has 3 saturated heterocycles. The fraction of sp³-hybridized carbons (Fsp3) is 0.538. The van der Waals surface area contributed by atoms with Gasteiger partial charge in [-0.1, -0.05) is 0 Å². The number of hydrogen-bond acceptors (Lipinski definition) is 3. The Morgan fingerprint density at radius 2 is 2.06 bits per heavy atom. The minimum absolute atomic E-state index is 0.135. The van der Waals surface area contributed by atoms with Crippen molar-refractivity contribution in [1.29, 1.82) is 0 Å². The maximum atomic E-state index is 13.6. The Morgan fingerprint density at radius 3 is 2.65 bits per heavy atom. The second kappa shape index (κ2) is 4.18. The molecule has 1 atom stereocenters. The highest BCUT2D eigenvalue weighted by Gasteiger charge is 2.35. The molecule has 0 radical (unpaired) electrons. The molecule has 2 N–H and O–H groups in total. The molecule has 0 aliphatic carbocycles. The van der Waals surface area contributed by atoms with E-state index in [0.717, 1.165) is 19.6 Å². The maximum Gasteiger partial charge on any atom is 0.167 e. The highest BCUT2D eigenvalue weighted by molar-refractivity contribution is 5.42. The summed E-state index contributed by atoms with van der Waals surface area (Å²) in [5, 5.41) is 0. The van der Waals surface area contributed by atoms with Crippen molar-refractivity contribution in [2.45, 2.75) is 18.9 Å². The first-order valence-corrected chi connectivity index (χ1v) is 6.16. The Kier molecular flexibility index (Phi) is 2.67. The molecule has 2 bridgehead atoms. The molecular formula is C13H17FN2O. The molecule has 0 aromatic heterocycles. The van der Waals surface area contributed by atoms with Gasteiger partial charge in [-0.15, -0.1) is 0 Å². The number of rotatable bonds is 2. The summed E-state index contributed by atoms with van der Waals surface area (Å²) in [6.45, 7) is 3.25. The number of nitrogens with zero attached hydrogens (tertiary/aromatic N) is 1. The molecule has 1 aromatic rings. The topological polar surface area (TPSA) is 38.5 Å². The van der Waals surface area contributed by atoms with Crippen molar-refractivity contribution < 1.29 is 9.13 Å². The van der Waals surface area contributed by atoms with Gasteiger partial charge in [-0.25, -0.2) is 4.39 Å². The van der Waals surface area contributed by atoms with Gasteiger partial charge in [0.15, 0.2) is 11.6 Å². The van der Waals surface area contributed by atoms with Gasteiger partial charge in [-0.2, -0.15) is 0 Å². The van der Waals surface area contributed by atoms with E-state index in [4.69, 9.17) is 10.5 Å². The van der Waals surface area contributed by atoms with Gasteiger partial charge < -0.3 is 10.5 Å². The molecule has 3 aliphatic heterocycles. The van der Waals surface area contributed by atoms with Crippen LogP contribution < -0.4 is 10.5 Å². The summed E-state index contributed by atoms with van der Waals surface area (Å²) in [6.07, 6.45) is 2.47. The summed E-state index contributed by atoms with van der Waals surface area (Å²) in [4.78, 5) is 2.39. The molecule has 1 aromatic carbocycles. The summed E-state index contributed by atoms with van der Waals surface area (Å²) >= 11 is 0. The van der Waals surface area contributed by atoms with Gasteiger partial charge in [0.2, 0.25) is 0 Å². The summed E-state index contributed by atoms with van der Waals surface area (Å²) in [5.41, 5.74) is 5.95. The van der Waals surface area contributed by atoms with Crippen LogP contribution in [0.2, 0.25) is 0 Å². The minimum Gasteiger partial charge on any atom is -0.486 e. The van der Waals surface area contributed by atoms with E-state index in [-0.39, 0.29) is 11.9 Å². The lowest BCUT2D eigenvalue weighted by Crippen LogP contribution is -2.52. The quantitative estimate of drug-likeness (QED) is 0.797. The van der Waals surface area contributed by atoms with E-state index in [1.165, 1.54) is 18.9 Å². The first-order chi connectivity index (χ1) is 8.22. The average molecular weight is 236 g/mol. The van der Waals surface area contributed by atoms with Crippen molar-refractivity contribution >= 4 is 5.69 Å². The van der Waals surface area contributed by atoms with E-state index < -0.39 is 0 Å². The zero-order valence-corrected chi connectivity index (χ0v) is 9.73. The predicted octanol–water partition coefficient (Wildman–Crippen LogP) is 1.88. The molecule has 4 heteroatoms.